The predicted molar refractivity (Wildman–Crippen MR) is 48.1 cm³/mol. The summed E-state index contributed by atoms with van der Waals surface area (Å²) in [5.41, 5.74) is 2.02. The molecule has 1 aliphatic carbocycles. The van der Waals surface area contributed by atoms with Crippen LogP contribution < -0.4 is 0 Å². The number of hydrogen-bond acceptors (Lipinski definition) is 0. The monoisotopic (exact) mass is 156 g/mol. The van der Waals surface area contributed by atoms with E-state index in [9.17, 15) is 4.39 Å². The molecule has 11 heavy (non-hydrogen) atoms. The second-order valence-electron chi connectivity index (χ2n) is 2.50. The molecule has 0 saturated carbocycles. The molecule has 0 aliphatic heterocycles. The minimum Gasteiger partial charge on any atom is -0.207 e. The van der Waals surface area contributed by atoms with Crippen molar-refractivity contribution < 1.29 is 4.39 Å². The Balaban J connectivity index is 0.000000461. The molecule has 0 aromatic carbocycles. The molecule has 0 radical (unpaired) electrons. The van der Waals surface area contributed by atoms with E-state index >= 15 is 0 Å². The van der Waals surface area contributed by atoms with Crippen LogP contribution in [0.5, 0.6) is 0 Å². The molecule has 0 amide bonds. The Hall–Kier alpha value is -0.590. The van der Waals surface area contributed by atoms with Crippen LogP contribution in [-0.2, 0) is 0 Å². The Morgan fingerprint density at radius 3 is 2.18 bits per heavy atom. The summed E-state index contributed by atoms with van der Waals surface area (Å²) in [6.07, 6.45) is 3.55. The van der Waals surface area contributed by atoms with Gasteiger partial charge < -0.3 is 0 Å². The van der Waals surface area contributed by atoms with E-state index in [2.05, 4.69) is 0 Å². The van der Waals surface area contributed by atoms with E-state index in [1.165, 1.54) is 5.57 Å². The van der Waals surface area contributed by atoms with Gasteiger partial charge in [-0.15, -0.1) is 0 Å². The van der Waals surface area contributed by atoms with Gasteiger partial charge in [-0.1, -0.05) is 19.4 Å². The Morgan fingerprint density at radius 2 is 1.82 bits per heavy atom. The van der Waals surface area contributed by atoms with Gasteiger partial charge in [0.2, 0.25) is 0 Å². The van der Waals surface area contributed by atoms with Crippen molar-refractivity contribution in [1.82, 2.24) is 0 Å². The molecule has 0 heterocycles. The zero-order chi connectivity index (χ0) is 8.85. The third-order valence-corrected chi connectivity index (χ3v) is 1.84. The summed E-state index contributed by atoms with van der Waals surface area (Å²) in [5, 5.41) is 0. The molecule has 0 unspecified atom stereocenters. The highest BCUT2D eigenvalue weighted by Crippen LogP contribution is 2.24. The second-order valence-corrected chi connectivity index (χ2v) is 2.50. The molecular weight excluding hydrogens is 139 g/mol. The third kappa shape index (κ3) is 2.87. The molecule has 0 atom stereocenters. The first-order valence-electron chi connectivity index (χ1n) is 4.24. The van der Waals surface area contributed by atoms with Gasteiger partial charge in [0.25, 0.3) is 0 Å². The van der Waals surface area contributed by atoms with E-state index in [4.69, 9.17) is 0 Å². The van der Waals surface area contributed by atoms with Crippen molar-refractivity contribution in [3.8, 4) is 0 Å². The van der Waals surface area contributed by atoms with Crippen LogP contribution in [0.1, 0.15) is 40.5 Å². The fraction of sp³-hybridized carbons (Fsp3) is 0.600. The summed E-state index contributed by atoms with van der Waals surface area (Å²) in [6.45, 7) is 7.82. The standard InChI is InChI=1S/C8H11F.C2H6/c1-6-4-3-5-8(9)7(6)2;1-2/h5H,3-4H2,1-2H3;1-2H3. The summed E-state index contributed by atoms with van der Waals surface area (Å²) < 4.78 is 12.6. The van der Waals surface area contributed by atoms with E-state index in [-0.39, 0.29) is 5.83 Å². The highest BCUT2D eigenvalue weighted by atomic mass is 19.1. The van der Waals surface area contributed by atoms with Crippen molar-refractivity contribution in [2.75, 3.05) is 0 Å². The van der Waals surface area contributed by atoms with E-state index in [0.29, 0.717) is 0 Å². The molecule has 0 saturated heterocycles. The fourth-order valence-corrected chi connectivity index (χ4v) is 0.960. The van der Waals surface area contributed by atoms with Crippen LogP contribution in [0.3, 0.4) is 0 Å². The average molecular weight is 156 g/mol. The zero-order valence-electron chi connectivity index (χ0n) is 7.87. The van der Waals surface area contributed by atoms with Gasteiger partial charge in [0, 0.05) is 0 Å². The van der Waals surface area contributed by atoms with Crippen molar-refractivity contribution in [2.45, 2.75) is 40.5 Å². The molecular formula is C10H17F. The van der Waals surface area contributed by atoms with Crippen LogP contribution in [0, 0.1) is 0 Å². The highest BCUT2D eigenvalue weighted by Gasteiger charge is 2.06. The Bertz CT molecular complexity index is 175. The molecule has 0 N–H and O–H groups in total. The Kier molecular flexibility index (Phi) is 4.84. The lowest BCUT2D eigenvalue weighted by Gasteiger charge is -2.09. The first kappa shape index (κ1) is 10.4. The van der Waals surface area contributed by atoms with Crippen LogP contribution >= 0.6 is 0 Å². The maximum absolute atomic E-state index is 12.6. The van der Waals surface area contributed by atoms with Gasteiger partial charge in [0.15, 0.2) is 0 Å². The van der Waals surface area contributed by atoms with Gasteiger partial charge in [0.05, 0.1) is 0 Å². The van der Waals surface area contributed by atoms with Gasteiger partial charge in [-0.2, -0.15) is 0 Å². The summed E-state index contributed by atoms with van der Waals surface area (Å²) in [4.78, 5) is 0. The molecule has 0 fully saturated rings. The minimum absolute atomic E-state index is 0.0289. The maximum atomic E-state index is 12.6. The van der Waals surface area contributed by atoms with Crippen molar-refractivity contribution in [1.29, 1.82) is 0 Å². The Labute approximate surface area is 68.8 Å². The van der Waals surface area contributed by atoms with E-state index in [1.54, 1.807) is 6.08 Å². The van der Waals surface area contributed by atoms with Crippen molar-refractivity contribution in [2.24, 2.45) is 0 Å². The van der Waals surface area contributed by atoms with Gasteiger partial charge in [-0.05, 0) is 38.3 Å². The largest absolute Gasteiger partial charge is 0.207 e. The molecule has 1 heteroatoms. The Morgan fingerprint density at radius 1 is 1.27 bits per heavy atom. The zero-order valence-corrected chi connectivity index (χ0v) is 7.87. The van der Waals surface area contributed by atoms with Gasteiger partial charge >= 0.3 is 0 Å². The highest BCUT2D eigenvalue weighted by molar-refractivity contribution is 5.31. The van der Waals surface area contributed by atoms with Crippen molar-refractivity contribution >= 4 is 0 Å². The van der Waals surface area contributed by atoms with Crippen LogP contribution in [0.25, 0.3) is 0 Å². The van der Waals surface area contributed by atoms with E-state index < -0.39 is 0 Å². The SMILES string of the molecule is CC.CC1=C(C)C(F)=CCC1. The first-order chi connectivity index (χ1) is 5.22. The van der Waals surface area contributed by atoms with Gasteiger partial charge in [0.1, 0.15) is 5.83 Å². The molecule has 0 aromatic heterocycles. The number of halogens is 1. The number of hydrogen-bond donors (Lipinski definition) is 0. The topological polar surface area (TPSA) is 0 Å². The second kappa shape index (κ2) is 5.11. The minimum atomic E-state index is -0.0289. The van der Waals surface area contributed by atoms with Crippen LogP contribution in [0.4, 0.5) is 4.39 Å². The third-order valence-electron chi connectivity index (χ3n) is 1.84. The molecule has 1 aliphatic rings. The molecule has 0 bridgehead atoms. The van der Waals surface area contributed by atoms with Crippen molar-refractivity contribution in [3.63, 3.8) is 0 Å². The van der Waals surface area contributed by atoms with Gasteiger partial charge in [-0.25, -0.2) is 4.39 Å². The van der Waals surface area contributed by atoms with Crippen molar-refractivity contribution in [3.05, 3.63) is 23.0 Å². The number of allylic oxidation sites excluding steroid dienone is 4. The molecule has 64 valence electrons. The fourth-order valence-electron chi connectivity index (χ4n) is 0.960. The van der Waals surface area contributed by atoms with Crippen LogP contribution in [-0.4, -0.2) is 0 Å². The molecule has 0 spiro atoms. The van der Waals surface area contributed by atoms with Gasteiger partial charge in [-0.3, -0.25) is 0 Å². The van der Waals surface area contributed by atoms with E-state index in [0.717, 1.165) is 18.4 Å². The van der Waals surface area contributed by atoms with E-state index in [1.807, 2.05) is 27.7 Å². The van der Waals surface area contributed by atoms with Crippen LogP contribution in [0.15, 0.2) is 23.0 Å². The lowest BCUT2D eigenvalue weighted by Crippen LogP contribution is -1.91. The maximum Gasteiger partial charge on any atom is 0.122 e. The average Bonchev–Trinajstić information content (AvgIpc) is 2.04. The lowest BCUT2D eigenvalue weighted by atomic mass is 10.00. The number of rotatable bonds is 0. The molecule has 0 nitrogen and oxygen atoms in total. The normalized spacial score (nSPS) is 17.0. The quantitative estimate of drug-likeness (QED) is 0.497. The summed E-state index contributed by atoms with van der Waals surface area (Å²) in [7, 11) is 0. The molecule has 0 aromatic rings. The molecule has 1 rings (SSSR count). The summed E-state index contributed by atoms with van der Waals surface area (Å²) >= 11 is 0. The summed E-state index contributed by atoms with van der Waals surface area (Å²) in [5.74, 6) is -0.0289. The lowest BCUT2D eigenvalue weighted by molar-refractivity contribution is 0.629. The van der Waals surface area contributed by atoms with Crippen LogP contribution in [0.2, 0.25) is 0 Å². The predicted octanol–water partition coefficient (Wildman–Crippen LogP) is 4.00. The summed E-state index contributed by atoms with van der Waals surface area (Å²) in [6, 6.07) is 0. The smallest absolute Gasteiger partial charge is 0.122 e. The first-order valence-corrected chi connectivity index (χ1v) is 4.24.